The molecule has 9 heteroatoms. The first-order chi connectivity index (χ1) is 16.1. The molecule has 0 aliphatic carbocycles. The van der Waals surface area contributed by atoms with Crippen LogP contribution in [0.4, 0.5) is 10.6 Å². The molecule has 0 radical (unpaired) electrons. The number of anilines is 1. The first-order valence-corrected chi connectivity index (χ1v) is 10.1. The number of carbonyl (C=O) groups excluding carboxylic acids is 2. The molecule has 0 unspecified atom stereocenters. The number of carbonyl (C=O) groups is 2. The minimum Gasteiger partial charge on any atom is -0.497 e. The number of benzene rings is 3. The standard InChI is InChI=1S/C24H22N4O5/c1-31-18-10-15(11-19(12-18)32-2)14-33-17-8-9-20-21(13-17)27-28-22(20)25-24(30)26-23(29)16-6-4-3-5-7-16/h3-13H,14H2,1-2H3,(H3,25,26,27,28,29,30). The van der Waals surface area contributed by atoms with Crippen LogP contribution >= 0.6 is 0 Å². The van der Waals surface area contributed by atoms with E-state index in [9.17, 15) is 9.59 Å². The fraction of sp³-hybridized carbons (Fsp3) is 0.125. The van der Waals surface area contributed by atoms with Crippen LogP contribution < -0.4 is 24.8 Å². The molecule has 3 N–H and O–H groups in total. The molecule has 33 heavy (non-hydrogen) atoms. The number of nitrogens with one attached hydrogen (secondary N) is 3. The molecule has 9 nitrogen and oxygen atoms in total. The van der Waals surface area contributed by atoms with Gasteiger partial charge < -0.3 is 14.2 Å². The Hall–Kier alpha value is -4.53. The normalized spacial score (nSPS) is 10.5. The van der Waals surface area contributed by atoms with Crippen molar-refractivity contribution in [2.24, 2.45) is 0 Å². The highest BCUT2D eigenvalue weighted by molar-refractivity contribution is 6.09. The van der Waals surface area contributed by atoms with Gasteiger partial charge in [0.1, 0.15) is 23.9 Å². The zero-order valence-electron chi connectivity index (χ0n) is 18.0. The maximum atomic E-state index is 12.2. The van der Waals surface area contributed by atoms with Crippen LogP contribution in [0.25, 0.3) is 10.9 Å². The van der Waals surface area contributed by atoms with E-state index in [1.54, 1.807) is 68.8 Å². The number of aromatic nitrogens is 2. The summed E-state index contributed by atoms with van der Waals surface area (Å²) in [4.78, 5) is 24.4. The molecule has 4 rings (SSSR count). The van der Waals surface area contributed by atoms with E-state index in [2.05, 4.69) is 20.8 Å². The smallest absolute Gasteiger partial charge is 0.327 e. The number of nitrogens with zero attached hydrogens (tertiary/aromatic N) is 1. The first-order valence-electron chi connectivity index (χ1n) is 10.1. The number of amides is 3. The monoisotopic (exact) mass is 446 g/mol. The molecule has 0 aliphatic heterocycles. The Balaban J connectivity index is 1.41. The van der Waals surface area contributed by atoms with Crippen LogP contribution in [-0.2, 0) is 6.61 Å². The zero-order chi connectivity index (χ0) is 23.2. The van der Waals surface area contributed by atoms with Crippen molar-refractivity contribution < 1.29 is 23.8 Å². The molecule has 168 valence electrons. The van der Waals surface area contributed by atoms with Gasteiger partial charge in [-0.15, -0.1) is 0 Å². The molecule has 1 heterocycles. The Labute approximate surface area is 189 Å². The van der Waals surface area contributed by atoms with Crippen molar-refractivity contribution in [1.29, 1.82) is 0 Å². The lowest BCUT2D eigenvalue weighted by Crippen LogP contribution is -2.34. The number of rotatable bonds is 7. The molecular weight excluding hydrogens is 424 g/mol. The van der Waals surface area contributed by atoms with Crippen molar-refractivity contribution in [2.45, 2.75) is 6.61 Å². The minimum absolute atomic E-state index is 0.299. The summed E-state index contributed by atoms with van der Waals surface area (Å²) < 4.78 is 16.4. The van der Waals surface area contributed by atoms with Gasteiger partial charge in [-0.05, 0) is 42.0 Å². The number of H-pyrrole nitrogens is 1. The SMILES string of the molecule is COc1cc(COc2ccc3c(NC(=O)NC(=O)c4ccccc4)n[nH]c3c2)cc(OC)c1. The second kappa shape index (κ2) is 9.73. The van der Waals surface area contributed by atoms with E-state index in [-0.39, 0.29) is 0 Å². The molecule has 0 spiro atoms. The quantitative estimate of drug-likeness (QED) is 0.393. The van der Waals surface area contributed by atoms with Gasteiger partial charge in [0.15, 0.2) is 5.82 Å². The van der Waals surface area contributed by atoms with Gasteiger partial charge in [-0.1, -0.05) is 18.2 Å². The van der Waals surface area contributed by atoms with Gasteiger partial charge in [-0.3, -0.25) is 20.5 Å². The van der Waals surface area contributed by atoms with Gasteiger partial charge in [-0.25, -0.2) is 4.79 Å². The largest absolute Gasteiger partial charge is 0.497 e. The molecule has 3 aromatic carbocycles. The molecule has 1 aromatic heterocycles. The fourth-order valence-corrected chi connectivity index (χ4v) is 3.20. The van der Waals surface area contributed by atoms with Crippen molar-refractivity contribution in [3.8, 4) is 17.2 Å². The van der Waals surface area contributed by atoms with E-state index in [0.717, 1.165) is 5.56 Å². The van der Waals surface area contributed by atoms with Gasteiger partial charge in [0.2, 0.25) is 0 Å². The maximum absolute atomic E-state index is 12.2. The van der Waals surface area contributed by atoms with E-state index in [0.29, 0.717) is 46.1 Å². The Morgan fingerprint density at radius 1 is 0.909 bits per heavy atom. The van der Waals surface area contributed by atoms with Crippen LogP contribution in [0.5, 0.6) is 17.2 Å². The first kappa shape index (κ1) is 21.7. The average molecular weight is 446 g/mol. The molecule has 0 saturated carbocycles. The lowest BCUT2D eigenvalue weighted by atomic mass is 10.2. The van der Waals surface area contributed by atoms with Crippen molar-refractivity contribution in [2.75, 3.05) is 19.5 Å². The summed E-state index contributed by atoms with van der Waals surface area (Å²) in [7, 11) is 3.18. The van der Waals surface area contributed by atoms with Crippen LogP contribution in [0.2, 0.25) is 0 Å². The van der Waals surface area contributed by atoms with Crippen molar-refractivity contribution >= 4 is 28.7 Å². The highest BCUT2D eigenvalue weighted by atomic mass is 16.5. The van der Waals surface area contributed by atoms with Crippen LogP contribution in [0.1, 0.15) is 15.9 Å². The summed E-state index contributed by atoms with van der Waals surface area (Å²) in [5.74, 6) is 1.77. The van der Waals surface area contributed by atoms with Crippen LogP contribution in [0.15, 0.2) is 66.7 Å². The minimum atomic E-state index is -0.676. The lowest BCUT2D eigenvalue weighted by Gasteiger charge is -2.10. The topological polar surface area (TPSA) is 115 Å². The molecule has 4 aromatic rings. The third-order valence-corrected chi connectivity index (χ3v) is 4.85. The summed E-state index contributed by atoms with van der Waals surface area (Å²) in [5, 5.41) is 12.5. The number of ether oxygens (including phenoxy) is 3. The van der Waals surface area contributed by atoms with Crippen LogP contribution in [0.3, 0.4) is 0 Å². The van der Waals surface area contributed by atoms with Crippen molar-refractivity contribution in [3.63, 3.8) is 0 Å². The number of imide groups is 1. The number of aromatic amines is 1. The van der Waals surface area contributed by atoms with E-state index in [1.165, 1.54) is 0 Å². The summed E-state index contributed by atoms with van der Waals surface area (Å²) in [5.41, 5.74) is 1.94. The van der Waals surface area contributed by atoms with Gasteiger partial charge in [0.05, 0.1) is 19.7 Å². The average Bonchev–Trinajstić information content (AvgIpc) is 3.24. The van der Waals surface area contributed by atoms with Gasteiger partial charge in [-0.2, -0.15) is 5.10 Å². The van der Waals surface area contributed by atoms with E-state index >= 15 is 0 Å². The van der Waals surface area contributed by atoms with Crippen molar-refractivity contribution in [3.05, 3.63) is 77.9 Å². The fourth-order valence-electron chi connectivity index (χ4n) is 3.20. The number of methoxy groups -OCH3 is 2. The third-order valence-electron chi connectivity index (χ3n) is 4.85. The molecule has 0 atom stereocenters. The lowest BCUT2D eigenvalue weighted by molar-refractivity contribution is 0.0967. The molecule has 0 fully saturated rings. The molecule has 3 amide bonds. The Morgan fingerprint density at radius 3 is 2.33 bits per heavy atom. The number of fused-ring (bicyclic) bond motifs is 1. The predicted octanol–water partition coefficient (Wildman–Crippen LogP) is 4.12. The highest BCUT2D eigenvalue weighted by Gasteiger charge is 2.14. The Bertz CT molecular complexity index is 1260. The summed E-state index contributed by atoms with van der Waals surface area (Å²) in [6, 6.07) is 18.6. The van der Waals surface area contributed by atoms with Gasteiger partial charge >= 0.3 is 6.03 Å². The molecule has 0 bridgehead atoms. The number of urea groups is 1. The van der Waals surface area contributed by atoms with E-state index < -0.39 is 11.9 Å². The summed E-state index contributed by atoms with van der Waals surface area (Å²) in [6.45, 7) is 0.308. The highest BCUT2D eigenvalue weighted by Crippen LogP contribution is 2.27. The number of hydrogen-bond acceptors (Lipinski definition) is 6. The van der Waals surface area contributed by atoms with Crippen LogP contribution in [0, 0.1) is 0 Å². The van der Waals surface area contributed by atoms with E-state index in [4.69, 9.17) is 14.2 Å². The van der Waals surface area contributed by atoms with Gasteiger partial charge in [0, 0.05) is 23.1 Å². The van der Waals surface area contributed by atoms with E-state index in [1.807, 2.05) is 12.1 Å². The molecule has 0 aliphatic rings. The van der Waals surface area contributed by atoms with Crippen molar-refractivity contribution in [1.82, 2.24) is 15.5 Å². The molecule has 0 saturated heterocycles. The number of hydrogen-bond donors (Lipinski definition) is 3. The Morgan fingerprint density at radius 2 is 1.64 bits per heavy atom. The Kier molecular flexibility index (Phi) is 6.40. The summed E-state index contributed by atoms with van der Waals surface area (Å²) in [6.07, 6.45) is 0. The second-order valence-electron chi connectivity index (χ2n) is 7.06. The predicted molar refractivity (Wildman–Crippen MR) is 123 cm³/mol. The third kappa shape index (κ3) is 5.21. The second-order valence-corrected chi connectivity index (χ2v) is 7.06. The van der Waals surface area contributed by atoms with Crippen LogP contribution in [-0.4, -0.2) is 36.4 Å². The summed E-state index contributed by atoms with van der Waals surface area (Å²) >= 11 is 0. The maximum Gasteiger partial charge on any atom is 0.327 e. The van der Waals surface area contributed by atoms with Gasteiger partial charge in [0.25, 0.3) is 5.91 Å². The zero-order valence-corrected chi connectivity index (χ0v) is 18.0. The molecular formula is C24H22N4O5.